The number of hydrogen-bond donors (Lipinski definition) is 0. The van der Waals surface area contributed by atoms with Crippen LogP contribution in [-0.2, 0) is 4.74 Å². The predicted molar refractivity (Wildman–Crippen MR) is 59.7 cm³/mol. The first-order chi connectivity index (χ1) is 6.92. The van der Waals surface area contributed by atoms with E-state index in [9.17, 15) is 0 Å². The molecule has 0 aromatic heterocycles. The summed E-state index contributed by atoms with van der Waals surface area (Å²) in [5, 5.41) is 0. The van der Waals surface area contributed by atoms with Gasteiger partial charge in [0.25, 0.3) is 0 Å². The van der Waals surface area contributed by atoms with E-state index >= 15 is 0 Å². The van der Waals surface area contributed by atoms with Crippen LogP contribution in [0.5, 0.6) is 0 Å². The van der Waals surface area contributed by atoms with Gasteiger partial charge < -0.3 is 0 Å². The van der Waals surface area contributed by atoms with Crippen LogP contribution < -0.4 is 4.46 Å². The minimum atomic E-state index is -0.0279. The van der Waals surface area contributed by atoms with Crippen LogP contribution >= 0.6 is 10.1 Å². The van der Waals surface area contributed by atoms with Crippen LogP contribution in [-0.4, -0.2) is 33.1 Å². The molecule has 1 heterocycles. The van der Waals surface area contributed by atoms with Crippen molar-refractivity contribution in [3.63, 3.8) is 0 Å². The third kappa shape index (κ3) is 2.11. The number of ether oxygens (including phenoxy) is 1. The Morgan fingerprint density at radius 3 is 2.93 bits per heavy atom. The van der Waals surface area contributed by atoms with Crippen LogP contribution in [0.3, 0.4) is 0 Å². The molecule has 0 spiro atoms. The van der Waals surface area contributed by atoms with Crippen LogP contribution in [0, 0.1) is 0 Å². The van der Waals surface area contributed by atoms with E-state index in [0.717, 1.165) is 35.5 Å². The molecule has 0 unspecified atom stereocenters. The van der Waals surface area contributed by atoms with Gasteiger partial charge in [0.15, 0.2) is 0 Å². The van der Waals surface area contributed by atoms with Crippen molar-refractivity contribution < 1.29 is 4.74 Å². The van der Waals surface area contributed by atoms with Crippen LogP contribution in [0.15, 0.2) is 29.3 Å². The zero-order valence-corrected chi connectivity index (χ0v) is 10.0. The van der Waals surface area contributed by atoms with E-state index in [2.05, 4.69) is 4.99 Å². The summed E-state index contributed by atoms with van der Waals surface area (Å²) >= 11 is -0.0279. The second-order valence-electron chi connectivity index (χ2n) is 2.96. The fraction of sp³-hybridized carbons (Fsp3) is 0.300. The third-order valence-electron chi connectivity index (χ3n) is 2.00. The quantitative estimate of drug-likeness (QED) is 0.746. The van der Waals surface area contributed by atoms with Crippen molar-refractivity contribution in [1.29, 1.82) is 0 Å². The standard InChI is InChI=1S/C10H10ClNOSe/c11-14-9-5-2-1-4-8(9)10-12-6-3-7-13-10/h1-2,4-5H,3,6-7H2. The molecule has 2 rings (SSSR count). The Morgan fingerprint density at radius 2 is 2.21 bits per heavy atom. The number of nitrogens with zero attached hydrogens (tertiary/aromatic N) is 1. The van der Waals surface area contributed by atoms with Crippen LogP contribution in [0.4, 0.5) is 0 Å². The Balaban J connectivity index is 2.34. The van der Waals surface area contributed by atoms with Gasteiger partial charge in [0.1, 0.15) is 0 Å². The summed E-state index contributed by atoms with van der Waals surface area (Å²) in [6.07, 6.45) is 1.01. The molecule has 0 saturated carbocycles. The molecule has 0 fully saturated rings. The van der Waals surface area contributed by atoms with E-state index in [-0.39, 0.29) is 14.0 Å². The molecule has 1 aromatic rings. The van der Waals surface area contributed by atoms with Crippen molar-refractivity contribution in [1.82, 2.24) is 0 Å². The maximum absolute atomic E-state index is 5.90. The van der Waals surface area contributed by atoms with Crippen molar-refractivity contribution in [3.05, 3.63) is 29.8 Å². The van der Waals surface area contributed by atoms with E-state index in [1.54, 1.807) is 0 Å². The monoisotopic (exact) mass is 275 g/mol. The molecule has 1 aliphatic rings. The summed E-state index contributed by atoms with van der Waals surface area (Å²) in [6, 6.07) is 8.03. The number of benzene rings is 1. The summed E-state index contributed by atoms with van der Waals surface area (Å²) in [4.78, 5) is 4.35. The van der Waals surface area contributed by atoms with Crippen LogP contribution in [0.1, 0.15) is 12.0 Å². The summed E-state index contributed by atoms with van der Waals surface area (Å²) < 4.78 is 6.65. The predicted octanol–water partition coefficient (Wildman–Crippen LogP) is 1.34. The fourth-order valence-corrected chi connectivity index (χ4v) is 2.81. The molecule has 0 N–H and O–H groups in total. The van der Waals surface area contributed by atoms with Crippen LogP contribution in [0.2, 0.25) is 0 Å². The first kappa shape index (κ1) is 10.0. The molecule has 14 heavy (non-hydrogen) atoms. The molecule has 74 valence electrons. The topological polar surface area (TPSA) is 21.6 Å². The van der Waals surface area contributed by atoms with Crippen molar-refractivity contribution in [3.8, 4) is 0 Å². The fourth-order valence-electron chi connectivity index (χ4n) is 1.33. The normalized spacial score (nSPS) is 15.9. The Hall–Kier alpha value is -0.501. The molecule has 0 amide bonds. The zero-order valence-electron chi connectivity index (χ0n) is 7.57. The first-order valence-electron chi connectivity index (χ1n) is 4.47. The molecule has 1 aliphatic heterocycles. The van der Waals surface area contributed by atoms with Gasteiger partial charge in [0.2, 0.25) is 0 Å². The van der Waals surface area contributed by atoms with Gasteiger partial charge in [-0.1, -0.05) is 0 Å². The molecule has 0 aliphatic carbocycles. The molecule has 0 saturated heterocycles. The van der Waals surface area contributed by atoms with Gasteiger partial charge in [0, 0.05) is 0 Å². The minimum absolute atomic E-state index is 0.0279. The maximum atomic E-state index is 5.90. The number of halogens is 1. The molecule has 0 radical (unpaired) electrons. The van der Waals surface area contributed by atoms with Gasteiger partial charge >= 0.3 is 93.6 Å². The van der Waals surface area contributed by atoms with Crippen molar-refractivity contribution in [2.24, 2.45) is 4.99 Å². The van der Waals surface area contributed by atoms with E-state index in [4.69, 9.17) is 14.8 Å². The molecule has 1 aromatic carbocycles. The zero-order chi connectivity index (χ0) is 9.80. The molecular weight excluding hydrogens is 265 g/mol. The average molecular weight is 275 g/mol. The number of hydrogen-bond acceptors (Lipinski definition) is 2. The third-order valence-corrected chi connectivity index (χ3v) is 3.96. The van der Waals surface area contributed by atoms with E-state index < -0.39 is 0 Å². The van der Waals surface area contributed by atoms with Gasteiger partial charge in [-0.3, -0.25) is 0 Å². The van der Waals surface area contributed by atoms with Gasteiger partial charge in [-0.25, -0.2) is 0 Å². The van der Waals surface area contributed by atoms with Crippen molar-refractivity contribution in [2.75, 3.05) is 13.2 Å². The van der Waals surface area contributed by atoms with Crippen LogP contribution in [0.25, 0.3) is 0 Å². The number of aliphatic imine (C=N–C) groups is 1. The van der Waals surface area contributed by atoms with Gasteiger partial charge in [0.05, 0.1) is 0 Å². The summed E-state index contributed by atoms with van der Waals surface area (Å²) in [5.74, 6) is 0.759. The van der Waals surface area contributed by atoms with Crippen molar-refractivity contribution >= 4 is 34.5 Å². The SMILES string of the molecule is Cl[Se]c1ccccc1C1=NCCCO1. The van der Waals surface area contributed by atoms with E-state index in [1.165, 1.54) is 0 Å². The second-order valence-corrected chi connectivity index (χ2v) is 5.01. The molecule has 4 heteroatoms. The number of rotatable bonds is 2. The molecule has 0 atom stereocenters. The van der Waals surface area contributed by atoms with E-state index in [1.807, 2.05) is 24.3 Å². The summed E-state index contributed by atoms with van der Waals surface area (Å²) in [6.45, 7) is 1.63. The average Bonchev–Trinajstić information content (AvgIpc) is 2.30. The Labute approximate surface area is 93.7 Å². The molecule has 2 nitrogen and oxygen atoms in total. The second kappa shape index (κ2) is 4.83. The summed E-state index contributed by atoms with van der Waals surface area (Å²) in [7, 11) is 5.90. The molecular formula is C10H10ClNOSe. The first-order valence-corrected chi connectivity index (χ1v) is 7.58. The Morgan fingerprint density at radius 1 is 1.36 bits per heavy atom. The summed E-state index contributed by atoms with van der Waals surface area (Å²) in [5.41, 5.74) is 1.06. The van der Waals surface area contributed by atoms with E-state index in [0.29, 0.717) is 0 Å². The van der Waals surface area contributed by atoms with Gasteiger partial charge in [-0.05, 0) is 0 Å². The molecule has 0 bridgehead atoms. The van der Waals surface area contributed by atoms with Gasteiger partial charge in [-0.15, -0.1) is 0 Å². The Bertz CT molecular complexity index is 354. The Kier molecular flexibility index (Phi) is 3.46. The van der Waals surface area contributed by atoms with Crippen molar-refractivity contribution in [2.45, 2.75) is 6.42 Å². The van der Waals surface area contributed by atoms with Gasteiger partial charge in [-0.2, -0.15) is 0 Å².